The van der Waals surface area contributed by atoms with Gasteiger partial charge in [-0.15, -0.1) is 0 Å². The molecule has 1 aromatic carbocycles. The number of hydrogen-bond donors (Lipinski definition) is 1. The molecule has 0 fully saturated rings. The van der Waals surface area contributed by atoms with Crippen LogP contribution in [0.3, 0.4) is 0 Å². The fraction of sp³-hybridized carbons (Fsp3) is 0.300. The SMILES string of the molecule is CCC(C#N)Oc1ccc(O)cc1. The van der Waals surface area contributed by atoms with E-state index in [0.29, 0.717) is 12.2 Å². The van der Waals surface area contributed by atoms with Crippen LogP contribution in [-0.4, -0.2) is 11.2 Å². The van der Waals surface area contributed by atoms with Gasteiger partial charge in [0.15, 0.2) is 6.10 Å². The molecule has 0 heterocycles. The van der Waals surface area contributed by atoms with Crippen LogP contribution >= 0.6 is 0 Å². The van der Waals surface area contributed by atoms with Crippen molar-refractivity contribution in [3.05, 3.63) is 24.3 Å². The van der Waals surface area contributed by atoms with Crippen LogP contribution in [0.2, 0.25) is 0 Å². The van der Waals surface area contributed by atoms with E-state index in [2.05, 4.69) is 0 Å². The molecule has 0 amide bonds. The lowest BCUT2D eigenvalue weighted by Gasteiger charge is -2.09. The number of phenols is 1. The van der Waals surface area contributed by atoms with Gasteiger partial charge in [-0.2, -0.15) is 5.26 Å². The summed E-state index contributed by atoms with van der Waals surface area (Å²) in [5.41, 5.74) is 0. The molecular formula is C10H11NO2. The predicted octanol–water partition coefficient (Wildman–Crippen LogP) is 2.07. The quantitative estimate of drug-likeness (QED) is 0.768. The van der Waals surface area contributed by atoms with Gasteiger partial charge in [-0.3, -0.25) is 0 Å². The Labute approximate surface area is 77.2 Å². The van der Waals surface area contributed by atoms with E-state index in [1.807, 2.05) is 13.0 Å². The zero-order valence-corrected chi connectivity index (χ0v) is 7.40. The molecule has 0 aromatic heterocycles. The van der Waals surface area contributed by atoms with Gasteiger partial charge in [-0.1, -0.05) is 6.92 Å². The minimum Gasteiger partial charge on any atom is -0.508 e. The summed E-state index contributed by atoms with van der Waals surface area (Å²) >= 11 is 0. The van der Waals surface area contributed by atoms with Crippen molar-refractivity contribution < 1.29 is 9.84 Å². The van der Waals surface area contributed by atoms with E-state index < -0.39 is 6.10 Å². The molecule has 0 bridgehead atoms. The lowest BCUT2D eigenvalue weighted by atomic mass is 10.3. The highest BCUT2D eigenvalue weighted by molar-refractivity contribution is 5.30. The van der Waals surface area contributed by atoms with Crippen LogP contribution in [0.1, 0.15) is 13.3 Å². The largest absolute Gasteiger partial charge is 0.508 e. The summed E-state index contributed by atoms with van der Waals surface area (Å²) < 4.78 is 5.30. The molecule has 1 rings (SSSR count). The fourth-order valence-electron chi connectivity index (χ4n) is 0.890. The summed E-state index contributed by atoms with van der Waals surface area (Å²) in [6.07, 6.45) is 0.238. The third-order valence-electron chi connectivity index (χ3n) is 1.63. The Morgan fingerprint density at radius 2 is 2.08 bits per heavy atom. The van der Waals surface area contributed by atoms with Gasteiger partial charge in [0.05, 0.1) is 0 Å². The second-order valence-electron chi connectivity index (χ2n) is 2.64. The summed E-state index contributed by atoms with van der Waals surface area (Å²) in [5.74, 6) is 0.795. The van der Waals surface area contributed by atoms with Crippen molar-refractivity contribution >= 4 is 0 Å². The molecule has 0 radical (unpaired) electrons. The predicted molar refractivity (Wildman–Crippen MR) is 48.4 cm³/mol. The molecule has 0 aliphatic heterocycles. The maximum Gasteiger partial charge on any atom is 0.184 e. The lowest BCUT2D eigenvalue weighted by molar-refractivity contribution is 0.251. The molecule has 0 aliphatic carbocycles. The molecule has 0 aliphatic rings. The van der Waals surface area contributed by atoms with Crippen molar-refractivity contribution in [3.8, 4) is 17.6 Å². The van der Waals surface area contributed by atoms with E-state index in [1.165, 1.54) is 12.1 Å². The van der Waals surface area contributed by atoms with Crippen LogP contribution in [-0.2, 0) is 0 Å². The number of aromatic hydroxyl groups is 1. The molecule has 1 unspecified atom stereocenters. The van der Waals surface area contributed by atoms with Crippen molar-refractivity contribution in [2.24, 2.45) is 0 Å². The Bertz CT molecular complexity index is 300. The maximum atomic E-state index is 8.98. The number of ether oxygens (including phenoxy) is 1. The molecule has 3 nitrogen and oxygen atoms in total. The second kappa shape index (κ2) is 4.36. The standard InChI is InChI=1S/C10H11NO2/c1-2-9(7-11)13-10-5-3-8(12)4-6-10/h3-6,9,12H,2H2,1H3. The Morgan fingerprint density at radius 3 is 2.54 bits per heavy atom. The van der Waals surface area contributed by atoms with Gasteiger partial charge >= 0.3 is 0 Å². The first-order valence-corrected chi connectivity index (χ1v) is 4.11. The van der Waals surface area contributed by atoms with Gasteiger partial charge in [0, 0.05) is 0 Å². The third-order valence-corrected chi connectivity index (χ3v) is 1.63. The molecule has 1 aromatic rings. The molecule has 0 saturated heterocycles. The van der Waals surface area contributed by atoms with Crippen LogP contribution in [0.15, 0.2) is 24.3 Å². The van der Waals surface area contributed by atoms with E-state index in [4.69, 9.17) is 15.1 Å². The normalized spacial score (nSPS) is 11.7. The topological polar surface area (TPSA) is 53.2 Å². The van der Waals surface area contributed by atoms with Gasteiger partial charge in [-0.05, 0) is 30.7 Å². The Hall–Kier alpha value is -1.69. The number of nitrogens with zero attached hydrogens (tertiary/aromatic N) is 1. The van der Waals surface area contributed by atoms with Crippen LogP contribution in [0.5, 0.6) is 11.5 Å². The first-order chi connectivity index (χ1) is 6.26. The number of benzene rings is 1. The Kier molecular flexibility index (Phi) is 3.15. The first kappa shape index (κ1) is 9.40. The Morgan fingerprint density at radius 1 is 1.46 bits per heavy atom. The minimum absolute atomic E-state index is 0.192. The van der Waals surface area contributed by atoms with Gasteiger partial charge in [0.2, 0.25) is 0 Å². The monoisotopic (exact) mass is 177 g/mol. The summed E-state index contributed by atoms with van der Waals surface area (Å²) in [5, 5.41) is 17.6. The maximum absolute atomic E-state index is 8.98. The average molecular weight is 177 g/mol. The number of phenolic OH excluding ortho intramolecular Hbond substituents is 1. The summed E-state index contributed by atoms with van der Waals surface area (Å²) in [7, 11) is 0. The first-order valence-electron chi connectivity index (χ1n) is 4.11. The van der Waals surface area contributed by atoms with Gasteiger partial charge in [0.1, 0.15) is 17.6 Å². The van der Waals surface area contributed by atoms with Crippen molar-refractivity contribution in [1.29, 1.82) is 5.26 Å². The molecule has 13 heavy (non-hydrogen) atoms. The van der Waals surface area contributed by atoms with Crippen LogP contribution < -0.4 is 4.74 Å². The molecular weight excluding hydrogens is 166 g/mol. The highest BCUT2D eigenvalue weighted by Crippen LogP contribution is 2.17. The van der Waals surface area contributed by atoms with Gasteiger partial charge in [-0.25, -0.2) is 0 Å². The van der Waals surface area contributed by atoms with E-state index in [-0.39, 0.29) is 5.75 Å². The van der Waals surface area contributed by atoms with E-state index in [1.54, 1.807) is 12.1 Å². The second-order valence-corrected chi connectivity index (χ2v) is 2.64. The number of nitriles is 1. The Balaban J connectivity index is 2.64. The van der Waals surface area contributed by atoms with Crippen molar-refractivity contribution in [2.75, 3.05) is 0 Å². The number of hydrogen-bond acceptors (Lipinski definition) is 3. The third kappa shape index (κ3) is 2.68. The zero-order valence-electron chi connectivity index (χ0n) is 7.40. The van der Waals surface area contributed by atoms with Gasteiger partial charge < -0.3 is 9.84 Å². The highest BCUT2D eigenvalue weighted by atomic mass is 16.5. The summed E-state index contributed by atoms with van der Waals surface area (Å²) in [6.45, 7) is 1.88. The smallest absolute Gasteiger partial charge is 0.184 e. The van der Waals surface area contributed by atoms with Crippen LogP contribution in [0, 0.1) is 11.3 Å². The van der Waals surface area contributed by atoms with Crippen molar-refractivity contribution in [3.63, 3.8) is 0 Å². The summed E-state index contributed by atoms with van der Waals surface area (Å²) in [6, 6.07) is 8.35. The molecule has 0 saturated carbocycles. The fourth-order valence-corrected chi connectivity index (χ4v) is 0.890. The highest BCUT2D eigenvalue weighted by Gasteiger charge is 2.04. The number of rotatable bonds is 3. The van der Waals surface area contributed by atoms with Crippen LogP contribution in [0.4, 0.5) is 0 Å². The lowest BCUT2D eigenvalue weighted by Crippen LogP contribution is -2.11. The van der Waals surface area contributed by atoms with Crippen LogP contribution in [0.25, 0.3) is 0 Å². The molecule has 68 valence electrons. The van der Waals surface area contributed by atoms with Crippen molar-refractivity contribution in [2.45, 2.75) is 19.4 Å². The molecule has 1 atom stereocenters. The average Bonchev–Trinajstić information content (AvgIpc) is 2.17. The molecule has 3 heteroatoms. The zero-order chi connectivity index (χ0) is 9.68. The summed E-state index contributed by atoms with van der Waals surface area (Å²) in [4.78, 5) is 0. The van der Waals surface area contributed by atoms with E-state index in [0.717, 1.165) is 0 Å². The van der Waals surface area contributed by atoms with E-state index in [9.17, 15) is 0 Å². The van der Waals surface area contributed by atoms with Crippen molar-refractivity contribution in [1.82, 2.24) is 0 Å². The van der Waals surface area contributed by atoms with Gasteiger partial charge in [0.25, 0.3) is 0 Å². The molecule has 0 spiro atoms. The van der Waals surface area contributed by atoms with E-state index >= 15 is 0 Å². The minimum atomic E-state index is -0.412. The molecule has 1 N–H and O–H groups in total.